The SMILES string of the molecule is CC1(C)CC[C@]2(COC(=O)O)C=C[C@]3(C)C(=CC[C@@H]4[C@@]5(C)C[C@H](O)[C@H](O)C(C)(CO)C5[C@H](O)C[C@]43C)[C@H]2C1. The quantitative estimate of drug-likeness (QED) is 0.267. The van der Waals surface area contributed by atoms with Gasteiger partial charge in [-0.05, 0) is 66.6 Å². The minimum atomic E-state index is -1.24. The Morgan fingerprint density at radius 2 is 1.66 bits per heavy atom. The lowest BCUT2D eigenvalue weighted by atomic mass is 9.34. The van der Waals surface area contributed by atoms with Gasteiger partial charge in [0.05, 0.1) is 24.9 Å². The molecule has 0 saturated heterocycles. The molecule has 0 bridgehead atoms. The van der Waals surface area contributed by atoms with Crippen molar-refractivity contribution in [1.29, 1.82) is 0 Å². The highest BCUT2D eigenvalue weighted by atomic mass is 16.7. The van der Waals surface area contributed by atoms with Gasteiger partial charge in [-0.1, -0.05) is 65.3 Å². The van der Waals surface area contributed by atoms with Crippen LogP contribution < -0.4 is 0 Å². The number of aliphatic hydroxyl groups excluding tert-OH is 4. The Bertz CT molecular complexity index is 1050. The third-order valence-corrected chi connectivity index (χ3v) is 12.7. The van der Waals surface area contributed by atoms with Crippen molar-refractivity contribution >= 4 is 6.16 Å². The Hall–Kier alpha value is -1.41. The van der Waals surface area contributed by atoms with Crippen LogP contribution in [0.4, 0.5) is 4.79 Å². The van der Waals surface area contributed by atoms with Gasteiger partial charge in [-0.3, -0.25) is 0 Å². The molecular weight excluding hydrogens is 484 g/mol. The molecule has 0 radical (unpaired) electrons. The largest absolute Gasteiger partial charge is 0.505 e. The van der Waals surface area contributed by atoms with Gasteiger partial charge in [-0.25, -0.2) is 4.79 Å². The van der Waals surface area contributed by atoms with Gasteiger partial charge in [-0.15, -0.1) is 0 Å². The summed E-state index contributed by atoms with van der Waals surface area (Å²) in [5.41, 5.74) is -1.12. The van der Waals surface area contributed by atoms with E-state index < -0.39 is 35.3 Å². The van der Waals surface area contributed by atoms with Crippen molar-refractivity contribution < 1.29 is 35.1 Å². The lowest BCUT2D eigenvalue weighted by Gasteiger charge is -2.71. The first-order valence-electron chi connectivity index (χ1n) is 14.4. The first-order valence-corrected chi connectivity index (χ1v) is 14.4. The van der Waals surface area contributed by atoms with Gasteiger partial charge in [0.1, 0.15) is 6.61 Å². The predicted molar refractivity (Wildman–Crippen MR) is 143 cm³/mol. The Kier molecular flexibility index (Phi) is 6.33. The van der Waals surface area contributed by atoms with Crippen molar-refractivity contribution in [3.63, 3.8) is 0 Å². The van der Waals surface area contributed by atoms with Gasteiger partial charge < -0.3 is 30.3 Å². The Labute approximate surface area is 227 Å². The first-order chi connectivity index (χ1) is 17.5. The molecule has 5 aliphatic carbocycles. The van der Waals surface area contributed by atoms with Crippen molar-refractivity contribution in [3.8, 4) is 0 Å². The first kappa shape index (κ1) is 28.1. The number of allylic oxidation sites excluding steroid dienone is 3. The molecule has 11 atom stereocenters. The predicted octanol–water partition coefficient (Wildman–Crippen LogP) is 4.53. The Morgan fingerprint density at radius 1 is 0.974 bits per heavy atom. The maximum absolute atomic E-state index is 11.8. The van der Waals surface area contributed by atoms with Gasteiger partial charge in [0.2, 0.25) is 0 Å². The van der Waals surface area contributed by atoms with Crippen molar-refractivity contribution in [2.75, 3.05) is 13.2 Å². The summed E-state index contributed by atoms with van der Waals surface area (Å²) in [5, 5.41) is 53.6. The Balaban J connectivity index is 1.63. The second-order valence-electron chi connectivity index (χ2n) is 15.2. The maximum atomic E-state index is 11.8. The highest BCUT2D eigenvalue weighted by molar-refractivity contribution is 5.57. The van der Waals surface area contributed by atoms with Crippen LogP contribution in [0.1, 0.15) is 80.1 Å². The van der Waals surface area contributed by atoms with E-state index in [0.717, 1.165) is 25.7 Å². The minimum absolute atomic E-state index is 0.120. The van der Waals surface area contributed by atoms with E-state index in [2.05, 4.69) is 52.8 Å². The maximum Gasteiger partial charge on any atom is 0.505 e. The molecule has 7 heteroatoms. The molecule has 0 aromatic rings. The second-order valence-corrected chi connectivity index (χ2v) is 15.2. The minimum Gasteiger partial charge on any atom is -0.450 e. The molecule has 214 valence electrons. The van der Waals surface area contributed by atoms with E-state index in [0.29, 0.717) is 12.8 Å². The second kappa shape index (κ2) is 8.55. The molecule has 2 unspecified atom stereocenters. The molecule has 5 N–H and O–H groups in total. The lowest BCUT2D eigenvalue weighted by molar-refractivity contribution is -0.267. The molecule has 5 rings (SSSR count). The average Bonchev–Trinajstić information content (AvgIpc) is 2.81. The van der Waals surface area contributed by atoms with Gasteiger partial charge >= 0.3 is 6.16 Å². The van der Waals surface area contributed by atoms with Crippen LogP contribution in [-0.2, 0) is 4.74 Å². The number of rotatable bonds is 3. The standard InChI is InChI=1S/C31H48O7/c1-26(2)9-11-31(17-38-25(36)37)12-10-29(5)18(19(31)13-26)7-8-22-27(3)14-21(34)24(35)28(4,16-32)23(27)20(33)15-30(22,29)6/h7,10,12,19-24,32-35H,8-9,11,13-17H2,1-6H3,(H,36,37)/t19-,20-,21+,22-,23?,24+,27-,28?,29-,30-,31-/m1/s1. The molecular formula is C31H48O7. The van der Waals surface area contributed by atoms with Gasteiger partial charge in [0.25, 0.3) is 0 Å². The molecule has 0 heterocycles. The smallest absolute Gasteiger partial charge is 0.450 e. The van der Waals surface area contributed by atoms with E-state index in [1.54, 1.807) is 0 Å². The van der Waals surface area contributed by atoms with Crippen LogP contribution in [-0.4, -0.2) is 63.2 Å². The van der Waals surface area contributed by atoms with E-state index in [1.165, 1.54) is 5.57 Å². The third kappa shape index (κ3) is 3.57. The van der Waals surface area contributed by atoms with Crippen molar-refractivity contribution in [3.05, 3.63) is 23.8 Å². The van der Waals surface area contributed by atoms with E-state index in [-0.39, 0.29) is 52.6 Å². The summed E-state index contributed by atoms with van der Waals surface area (Å²) in [5.74, 6) is -0.0871. The molecule has 0 aromatic heterocycles. The fourth-order valence-corrected chi connectivity index (χ4v) is 10.6. The third-order valence-electron chi connectivity index (χ3n) is 12.7. The van der Waals surface area contributed by atoms with Crippen molar-refractivity contribution in [2.45, 2.75) is 98.4 Å². The summed E-state index contributed by atoms with van der Waals surface area (Å²) >= 11 is 0. The van der Waals surface area contributed by atoms with Crippen LogP contribution in [0.5, 0.6) is 0 Å². The summed E-state index contributed by atoms with van der Waals surface area (Å²) < 4.78 is 5.24. The molecule has 0 aromatic carbocycles. The van der Waals surface area contributed by atoms with E-state index in [1.807, 2.05) is 6.92 Å². The van der Waals surface area contributed by atoms with Crippen LogP contribution in [0.15, 0.2) is 23.8 Å². The molecule has 7 nitrogen and oxygen atoms in total. The number of aliphatic hydroxyl groups is 4. The van der Waals surface area contributed by atoms with Crippen LogP contribution in [0.25, 0.3) is 0 Å². The average molecular weight is 533 g/mol. The zero-order valence-electron chi connectivity index (χ0n) is 23.9. The molecule has 0 amide bonds. The number of hydrogen-bond acceptors (Lipinski definition) is 6. The zero-order chi connectivity index (χ0) is 28.1. The fraction of sp³-hybridized carbons (Fsp3) is 0.839. The number of ether oxygens (including phenoxy) is 1. The van der Waals surface area contributed by atoms with Gasteiger partial charge in [0, 0.05) is 22.2 Å². The van der Waals surface area contributed by atoms with Crippen LogP contribution >= 0.6 is 0 Å². The molecule has 3 saturated carbocycles. The normalized spacial score (nSPS) is 53.1. The van der Waals surface area contributed by atoms with Crippen molar-refractivity contribution in [2.24, 2.45) is 50.2 Å². The summed E-state index contributed by atoms with van der Waals surface area (Å²) in [6, 6.07) is 0. The van der Waals surface area contributed by atoms with E-state index in [9.17, 15) is 30.3 Å². The molecule has 0 spiro atoms. The molecule has 5 aliphatic rings. The summed E-state index contributed by atoms with van der Waals surface area (Å²) in [6.07, 6.45) is 7.35. The fourth-order valence-electron chi connectivity index (χ4n) is 10.6. The zero-order valence-corrected chi connectivity index (χ0v) is 23.9. The summed E-state index contributed by atoms with van der Waals surface area (Å²) in [7, 11) is 0. The monoisotopic (exact) mass is 532 g/mol. The lowest BCUT2D eigenvalue weighted by Crippen LogP contribution is -2.71. The highest BCUT2D eigenvalue weighted by Gasteiger charge is 2.71. The van der Waals surface area contributed by atoms with E-state index >= 15 is 0 Å². The van der Waals surface area contributed by atoms with Crippen LogP contribution in [0.3, 0.4) is 0 Å². The van der Waals surface area contributed by atoms with Crippen LogP contribution in [0.2, 0.25) is 0 Å². The highest BCUT2D eigenvalue weighted by Crippen LogP contribution is 2.74. The number of carbonyl (C=O) groups is 1. The molecule has 38 heavy (non-hydrogen) atoms. The molecule has 0 aliphatic heterocycles. The Morgan fingerprint density at radius 3 is 2.29 bits per heavy atom. The van der Waals surface area contributed by atoms with Crippen LogP contribution in [0, 0.1) is 50.2 Å². The number of fused-ring (bicyclic) bond motifs is 7. The van der Waals surface area contributed by atoms with Gasteiger partial charge in [0.15, 0.2) is 0 Å². The van der Waals surface area contributed by atoms with E-state index in [4.69, 9.17) is 4.74 Å². The molecule has 3 fully saturated rings. The topological polar surface area (TPSA) is 127 Å². The summed E-state index contributed by atoms with van der Waals surface area (Å²) in [4.78, 5) is 11.4. The number of carboxylic acid groups (broad SMARTS) is 1. The van der Waals surface area contributed by atoms with Crippen molar-refractivity contribution in [1.82, 2.24) is 0 Å². The van der Waals surface area contributed by atoms with Gasteiger partial charge in [-0.2, -0.15) is 0 Å². The summed E-state index contributed by atoms with van der Waals surface area (Å²) in [6.45, 7) is 12.9. The number of hydrogen-bond donors (Lipinski definition) is 5.